The highest BCUT2D eigenvalue weighted by atomic mass is 31.2. The van der Waals surface area contributed by atoms with Gasteiger partial charge in [-0.05, 0) is 90.4 Å². The molecule has 0 saturated heterocycles. The quantitative estimate of drug-likeness (QED) is 0.0292. The Morgan fingerprint density at radius 1 is 0.538 bits per heavy atom. The van der Waals surface area contributed by atoms with Gasteiger partial charge in [-0.15, -0.1) is 0 Å². The molecule has 52 heavy (non-hydrogen) atoms. The fourth-order valence-corrected chi connectivity index (χ4v) is 5.82. The molecule has 0 aromatic heterocycles. The van der Waals surface area contributed by atoms with Gasteiger partial charge in [0.2, 0.25) is 0 Å². The average molecular weight is 749 g/mol. The van der Waals surface area contributed by atoms with E-state index < -0.39 is 26.5 Å². The maximum atomic E-state index is 12.5. The van der Waals surface area contributed by atoms with Crippen LogP contribution >= 0.6 is 7.82 Å². The molecule has 0 amide bonds. The molecule has 2 atom stereocenters. The Kier molecular flexibility index (Phi) is 36.4. The number of hydrogen-bond donors (Lipinski definition) is 1. The summed E-state index contributed by atoms with van der Waals surface area (Å²) in [5, 5.41) is 0. The number of allylic oxidation sites excluding steroid dienone is 12. The van der Waals surface area contributed by atoms with Crippen LogP contribution in [0, 0.1) is 0 Å². The highest BCUT2D eigenvalue weighted by Gasteiger charge is 2.25. The van der Waals surface area contributed by atoms with Crippen LogP contribution in [0.3, 0.4) is 0 Å². The molecule has 1 N–H and O–H groups in total. The van der Waals surface area contributed by atoms with Gasteiger partial charge in [0, 0.05) is 12.8 Å². The number of carbonyl (C=O) groups is 2. The van der Waals surface area contributed by atoms with Crippen molar-refractivity contribution in [2.24, 2.45) is 0 Å². The number of hydrogen-bond acceptors (Lipinski definition) is 7. The van der Waals surface area contributed by atoms with Gasteiger partial charge in [-0.1, -0.05) is 132 Å². The van der Waals surface area contributed by atoms with Gasteiger partial charge in [-0.25, -0.2) is 4.57 Å². The number of phosphoric ester groups is 1. The molecule has 0 heterocycles. The first kappa shape index (κ1) is 49.5. The van der Waals surface area contributed by atoms with Gasteiger partial charge in [-0.3, -0.25) is 18.6 Å². The smallest absolute Gasteiger partial charge is 0.462 e. The summed E-state index contributed by atoms with van der Waals surface area (Å²) in [4.78, 5) is 34.6. The Balaban J connectivity index is 4.22. The predicted octanol–water partition coefficient (Wildman–Crippen LogP) is 12.6. The minimum absolute atomic E-state index is 0.0112. The van der Waals surface area contributed by atoms with E-state index in [-0.39, 0.29) is 32.0 Å². The minimum Gasteiger partial charge on any atom is -0.462 e. The Bertz CT molecular complexity index is 1080. The molecule has 0 radical (unpaired) electrons. The second kappa shape index (κ2) is 38.2. The number of carbonyl (C=O) groups excluding carboxylic acids is 2. The number of esters is 2. The summed E-state index contributed by atoms with van der Waals surface area (Å²) < 4.78 is 32.5. The van der Waals surface area contributed by atoms with Crippen LogP contribution in [0.2, 0.25) is 0 Å². The molecular formula is C43H73O8P. The van der Waals surface area contributed by atoms with Crippen molar-refractivity contribution in [3.05, 3.63) is 72.9 Å². The molecule has 9 heteroatoms. The van der Waals surface area contributed by atoms with Crippen LogP contribution in [0.4, 0.5) is 0 Å². The highest BCUT2D eigenvalue weighted by Crippen LogP contribution is 2.43. The number of ether oxygens (including phenoxy) is 2. The van der Waals surface area contributed by atoms with Crippen LogP contribution in [0.15, 0.2) is 72.9 Å². The van der Waals surface area contributed by atoms with E-state index >= 15 is 0 Å². The zero-order valence-electron chi connectivity index (χ0n) is 32.9. The summed E-state index contributed by atoms with van der Waals surface area (Å²) in [6, 6.07) is 0. The first-order chi connectivity index (χ1) is 25.3. The fourth-order valence-electron chi connectivity index (χ4n) is 5.06. The zero-order valence-corrected chi connectivity index (χ0v) is 33.8. The Morgan fingerprint density at radius 2 is 0.981 bits per heavy atom. The predicted molar refractivity (Wildman–Crippen MR) is 216 cm³/mol. The second-order valence-corrected chi connectivity index (χ2v) is 14.4. The minimum atomic E-state index is -4.29. The van der Waals surface area contributed by atoms with Crippen molar-refractivity contribution < 1.29 is 37.6 Å². The third-order valence-electron chi connectivity index (χ3n) is 8.00. The number of unbranched alkanes of at least 4 members (excludes halogenated alkanes) is 12. The van der Waals surface area contributed by atoms with Crippen molar-refractivity contribution in [3.63, 3.8) is 0 Å². The van der Waals surface area contributed by atoms with Crippen LogP contribution in [0.1, 0.15) is 162 Å². The van der Waals surface area contributed by atoms with E-state index in [2.05, 4.69) is 86.8 Å². The Morgan fingerprint density at radius 3 is 1.52 bits per heavy atom. The lowest BCUT2D eigenvalue weighted by atomic mass is 10.1. The van der Waals surface area contributed by atoms with Crippen LogP contribution in [0.5, 0.6) is 0 Å². The van der Waals surface area contributed by atoms with E-state index in [1.54, 1.807) is 6.92 Å². The molecule has 0 aromatic carbocycles. The maximum absolute atomic E-state index is 12.5. The molecule has 8 nitrogen and oxygen atoms in total. The van der Waals surface area contributed by atoms with Crippen molar-refractivity contribution in [3.8, 4) is 0 Å². The fraction of sp³-hybridized carbons (Fsp3) is 0.674. The summed E-state index contributed by atoms with van der Waals surface area (Å²) in [6.07, 6.45) is 46.7. The molecular weight excluding hydrogens is 675 g/mol. The molecule has 0 saturated carbocycles. The molecule has 0 spiro atoms. The molecule has 2 unspecified atom stereocenters. The van der Waals surface area contributed by atoms with Crippen LogP contribution in [-0.2, 0) is 32.7 Å². The lowest BCUT2D eigenvalue weighted by molar-refractivity contribution is -0.161. The summed E-state index contributed by atoms with van der Waals surface area (Å²) in [5.74, 6) is -0.853. The van der Waals surface area contributed by atoms with Gasteiger partial charge >= 0.3 is 19.8 Å². The third-order valence-corrected chi connectivity index (χ3v) is 9.06. The van der Waals surface area contributed by atoms with Crippen LogP contribution in [0.25, 0.3) is 0 Å². The van der Waals surface area contributed by atoms with E-state index in [9.17, 15) is 19.0 Å². The monoisotopic (exact) mass is 749 g/mol. The standard InChI is InChI=1S/C43H73O8P/c1-4-7-9-11-13-15-17-19-20-21-22-23-24-26-28-30-32-34-36-38-43(45)51-41(40-50-52(46,47)49-6-3)39-48-42(44)37-35-33-31-29-27-25-18-16-14-12-10-8-5-2/h7,9,13,15-16,18-20,22-23,26,28,41H,4-6,8,10-12,14,17,21,24-25,27,29-40H2,1-3H3,(H,46,47)/b9-7-,15-13-,18-16-,20-19-,23-22-,28-26-. The molecule has 0 aromatic rings. The van der Waals surface area contributed by atoms with Gasteiger partial charge in [0.1, 0.15) is 6.61 Å². The van der Waals surface area contributed by atoms with E-state index in [4.69, 9.17) is 18.5 Å². The van der Waals surface area contributed by atoms with E-state index in [0.717, 1.165) is 89.9 Å². The van der Waals surface area contributed by atoms with E-state index in [1.807, 2.05) is 0 Å². The normalized spacial score (nSPS) is 14.2. The van der Waals surface area contributed by atoms with Gasteiger partial charge in [0.25, 0.3) is 0 Å². The number of rotatable bonds is 36. The third kappa shape index (κ3) is 37.3. The van der Waals surface area contributed by atoms with Gasteiger partial charge in [0.15, 0.2) is 6.10 Å². The summed E-state index contributed by atoms with van der Waals surface area (Å²) >= 11 is 0. The summed E-state index contributed by atoms with van der Waals surface area (Å²) in [5.41, 5.74) is 0. The first-order valence-corrected chi connectivity index (χ1v) is 21.7. The van der Waals surface area contributed by atoms with Crippen molar-refractivity contribution >= 4 is 19.8 Å². The molecule has 0 rings (SSSR count). The zero-order chi connectivity index (χ0) is 38.2. The van der Waals surface area contributed by atoms with Crippen LogP contribution in [-0.4, -0.2) is 42.8 Å². The largest absolute Gasteiger partial charge is 0.472 e. The van der Waals surface area contributed by atoms with E-state index in [1.165, 1.54) is 32.1 Å². The molecule has 298 valence electrons. The molecule has 0 aliphatic heterocycles. The van der Waals surface area contributed by atoms with Crippen molar-refractivity contribution in [1.29, 1.82) is 0 Å². The number of phosphoric acid groups is 1. The lowest BCUT2D eigenvalue weighted by Crippen LogP contribution is -2.29. The van der Waals surface area contributed by atoms with E-state index in [0.29, 0.717) is 6.42 Å². The summed E-state index contributed by atoms with van der Waals surface area (Å²) in [6.45, 7) is 5.27. The van der Waals surface area contributed by atoms with Crippen molar-refractivity contribution in [2.45, 2.75) is 168 Å². The molecule has 0 fully saturated rings. The molecule has 0 aliphatic carbocycles. The first-order valence-electron chi connectivity index (χ1n) is 20.2. The Labute approximate surface area is 317 Å². The Hall–Kier alpha value is -2.51. The van der Waals surface area contributed by atoms with Crippen molar-refractivity contribution in [1.82, 2.24) is 0 Å². The average Bonchev–Trinajstić information content (AvgIpc) is 3.12. The second-order valence-electron chi connectivity index (χ2n) is 12.9. The van der Waals surface area contributed by atoms with Gasteiger partial charge < -0.3 is 14.4 Å². The van der Waals surface area contributed by atoms with Crippen molar-refractivity contribution in [2.75, 3.05) is 19.8 Å². The summed E-state index contributed by atoms with van der Waals surface area (Å²) in [7, 11) is -4.29. The molecule has 0 aliphatic rings. The lowest BCUT2D eigenvalue weighted by Gasteiger charge is -2.19. The van der Waals surface area contributed by atoms with Gasteiger partial charge in [0.05, 0.1) is 13.2 Å². The van der Waals surface area contributed by atoms with Gasteiger partial charge in [-0.2, -0.15) is 0 Å². The maximum Gasteiger partial charge on any atom is 0.472 e. The van der Waals surface area contributed by atoms with Crippen LogP contribution < -0.4 is 0 Å². The highest BCUT2D eigenvalue weighted by molar-refractivity contribution is 7.47. The topological polar surface area (TPSA) is 108 Å². The molecule has 0 bridgehead atoms. The SMILES string of the molecule is CC/C=C\C/C=C\C/C=C\C/C=C\C/C=C\CCCCCC(=O)OC(COC(=O)CCCCCCC/C=C\CCCCCC)COP(=O)(O)OCC.